The summed E-state index contributed by atoms with van der Waals surface area (Å²) in [6.07, 6.45) is 0. The average molecular weight is 473 g/mol. The van der Waals surface area contributed by atoms with Gasteiger partial charge in [-0.1, -0.05) is 41.9 Å². The smallest absolute Gasteiger partial charge is 0.248 e. The summed E-state index contributed by atoms with van der Waals surface area (Å²) in [4.78, 5) is 17.5. The van der Waals surface area contributed by atoms with Crippen LogP contribution >= 0.6 is 35.6 Å². The molecule has 0 saturated heterocycles. The normalized spacial score (nSPS) is 10.8. The van der Waals surface area contributed by atoms with Gasteiger partial charge in [0.1, 0.15) is 0 Å². The van der Waals surface area contributed by atoms with Gasteiger partial charge in [0.15, 0.2) is 5.96 Å². The van der Waals surface area contributed by atoms with E-state index in [1.807, 2.05) is 48.3 Å². The minimum absolute atomic E-state index is 0. The molecule has 0 atom stereocenters. The van der Waals surface area contributed by atoms with E-state index in [9.17, 15) is 4.79 Å². The third-order valence-corrected chi connectivity index (χ3v) is 3.97. The van der Waals surface area contributed by atoms with Crippen molar-refractivity contribution in [3.63, 3.8) is 0 Å². The van der Waals surface area contributed by atoms with Crippen LogP contribution in [0, 0.1) is 0 Å². The zero-order valence-electron chi connectivity index (χ0n) is 14.2. The van der Waals surface area contributed by atoms with Crippen LogP contribution in [0.5, 0.6) is 0 Å². The van der Waals surface area contributed by atoms with Gasteiger partial charge in [-0.05, 0) is 29.3 Å². The first kappa shape index (κ1) is 21.2. The quantitative estimate of drug-likeness (QED) is 0.399. The Morgan fingerprint density at radius 1 is 1.24 bits per heavy atom. The first-order valence-electron chi connectivity index (χ1n) is 7.55. The summed E-state index contributed by atoms with van der Waals surface area (Å²) in [5, 5.41) is 4.00. The van der Waals surface area contributed by atoms with Crippen LogP contribution in [-0.2, 0) is 13.1 Å². The van der Waals surface area contributed by atoms with Crippen LogP contribution in [0.4, 0.5) is 0 Å². The Kier molecular flexibility index (Phi) is 8.71. The Labute approximate surface area is 170 Å². The van der Waals surface area contributed by atoms with E-state index >= 15 is 0 Å². The number of hydrogen-bond donors (Lipinski definition) is 2. The number of halogens is 2. The fourth-order valence-corrected chi connectivity index (χ4v) is 2.55. The molecule has 0 bridgehead atoms. The molecule has 0 unspecified atom stereocenters. The number of guanidine groups is 1. The van der Waals surface area contributed by atoms with Gasteiger partial charge < -0.3 is 16.0 Å². The van der Waals surface area contributed by atoms with E-state index in [4.69, 9.17) is 17.3 Å². The maximum atomic E-state index is 11.2. The summed E-state index contributed by atoms with van der Waals surface area (Å²) in [7, 11) is 3.67. The molecule has 0 fully saturated rings. The molecule has 2 rings (SSSR count). The Bertz CT molecular complexity index is 751. The number of amides is 1. The van der Waals surface area contributed by atoms with Crippen LogP contribution in [0.3, 0.4) is 0 Å². The van der Waals surface area contributed by atoms with E-state index in [1.165, 1.54) is 0 Å². The second-order valence-corrected chi connectivity index (χ2v) is 5.82. The second-order valence-electron chi connectivity index (χ2n) is 5.41. The molecule has 0 aliphatic heterocycles. The molecule has 0 aliphatic carbocycles. The lowest BCUT2D eigenvalue weighted by Gasteiger charge is -2.22. The van der Waals surface area contributed by atoms with Crippen molar-refractivity contribution in [3.8, 4) is 0 Å². The Balaban J connectivity index is 0.00000312. The van der Waals surface area contributed by atoms with Gasteiger partial charge in [-0.2, -0.15) is 0 Å². The molecule has 3 N–H and O–H groups in total. The Morgan fingerprint density at radius 2 is 1.96 bits per heavy atom. The van der Waals surface area contributed by atoms with E-state index in [-0.39, 0.29) is 24.0 Å². The second kappa shape index (κ2) is 10.2. The van der Waals surface area contributed by atoms with E-state index in [1.54, 1.807) is 19.2 Å². The van der Waals surface area contributed by atoms with Crippen molar-refractivity contribution in [2.45, 2.75) is 13.1 Å². The van der Waals surface area contributed by atoms with Gasteiger partial charge in [0.2, 0.25) is 5.91 Å². The van der Waals surface area contributed by atoms with Crippen molar-refractivity contribution in [2.75, 3.05) is 14.1 Å². The molecule has 25 heavy (non-hydrogen) atoms. The summed E-state index contributed by atoms with van der Waals surface area (Å²) in [5.74, 6) is 0.302. The molecular weight excluding hydrogens is 451 g/mol. The summed E-state index contributed by atoms with van der Waals surface area (Å²) in [6.45, 7) is 1.18. The Hall–Kier alpha value is -1.80. The van der Waals surface area contributed by atoms with Crippen LogP contribution < -0.4 is 11.1 Å². The number of primary amides is 1. The van der Waals surface area contributed by atoms with Gasteiger partial charge in [0.25, 0.3) is 0 Å². The first-order chi connectivity index (χ1) is 11.5. The van der Waals surface area contributed by atoms with Crippen molar-refractivity contribution < 1.29 is 4.79 Å². The number of aliphatic imine (C=N–C) groups is 1. The average Bonchev–Trinajstić information content (AvgIpc) is 2.57. The maximum absolute atomic E-state index is 11.2. The minimum Gasteiger partial charge on any atom is -0.366 e. The number of hydrogen-bond acceptors (Lipinski definition) is 2. The zero-order chi connectivity index (χ0) is 17.5. The fourth-order valence-electron chi connectivity index (χ4n) is 2.36. The van der Waals surface area contributed by atoms with Gasteiger partial charge in [0.05, 0.1) is 0 Å². The molecular formula is C18H22ClIN4O. The highest BCUT2D eigenvalue weighted by Crippen LogP contribution is 2.16. The predicted octanol–water partition coefficient (Wildman–Crippen LogP) is 3.26. The lowest BCUT2D eigenvalue weighted by Crippen LogP contribution is -2.38. The molecule has 0 radical (unpaired) electrons. The highest BCUT2D eigenvalue weighted by Gasteiger charge is 2.09. The molecule has 2 aromatic carbocycles. The summed E-state index contributed by atoms with van der Waals surface area (Å²) in [6, 6.07) is 14.9. The van der Waals surface area contributed by atoms with Crippen LogP contribution in [0.15, 0.2) is 53.5 Å². The number of carbonyl (C=O) groups is 1. The standard InChI is InChI=1S/C18H21ClN4O.HI/c1-21-18(23(2)12-15-7-3-4-9-16(15)19)22-11-13-6-5-8-14(10-13)17(20)24;/h3-10H,11-12H2,1-2H3,(H2,20,24)(H,21,22);1H. The topological polar surface area (TPSA) is 70.7 Å². The number of benzene rings is 2. The van der Waals surface area contributed by atoms with Crippen molar-refractivity contribution in [1.29, 1.82) is 0 Å². The number of nitrogens with zero attached hydrogens (tertiary/aromatic N) is 2. The SMILES string of the molecule is CN=C(NCc1cccc(C(N)=O)c1)N(C)Cc1ccccc1Cl.I. The summed E-state index contributed by atoms with van der Waals surface area (Å²) in [5.41, 5.74) is 7.79. The molecule has 2 aromatic rings. The van der Waals surface area contributed by atoms with Crippen molar-refractivity contribution in [2.24, 2.45) is 10.7 Å². The zero-order valence-corrected chi connectivity index (χ0v) is 17.3. The van der Waals surface area contributed by atoms with Crippen LogP contribution in [0.25, 0.3) is 0 Å². The molecule has 7 heteroatoms. The number of nitrogens with two attached hydrogens (primary N) is 1. The van der Waals surface area contributed by atoms with Gasteiger partial charge in [-0.15, -0.1) is 24.0 Å². The molecule has 0 heterocycles. The lowest BCUT2D eigenvalue weighted by atomic mass is 10.1. The van der Waals surface area contributed by atoms with Gasteiger partial charge in [-0.25, -0.2) is 0 Å². The van der Waals surface area contributed by atoms with Gasteiger partial charge in [0, 0.05) is 37.8 Å². The molecule has 5 nitrogen and oxygen atoms in total. The molecule has 0 spiro atoms. The minimum atomic E-state index is -0.433. The van der Waals surface area contributed by atoms with Crippen LogP contribution in [0.1, 0.15) is 21.5 Å². The van der Waals surface area contributed by atoms with Crippen molar-refractivity contribution >= 4 is 47.4 Å². The van der Waals surface area contributed by atoms with Gasteiger partial charge >= 0.3 is 0 Å². The van der Waals surface area contributed by atoms with Crippen molar-refractivity contribution in [3.05, 3.63) is 70.2 Å². The lowest BCUT2D eigenvalue weighted by molar-refractivity contribution is 0.1000. The van der Waals surface area contributed by atoms with E-state index < -0.39 is 5.91 Å². The third kappa shape index (κ3) is 6.21. The van der Waals surface area contributed by atoms with Crippen LogP contribution in [-0.4, -0.2) is 30.9 Å². The fraction of sp³-hybridized carbons (Fsp3) is 0.222. The predicted molar refractivity (Wildman–Crippen MR) is 113 cm³/mol. The highest BCUT2D eigenvalue weighted by molar-refractivity contribution is 14.0. The molecule has 0 saturated carbocycles. The van der Waals surface area contributed by atoms with E-state index in [2.05, 4.69) is 10.3 Å². The van der Waals surface area contributed by atoms with Gasteiger partial charge in [-0.3, -0.25) is 9.79 Å². The summed E-state index contributed by atoms with van der Waals surface area (Å²) < 4.78 is 0. The summed E-state index contributed by atoms with van der Waals surface area (Å²) >= 11 is 6.21. The number of carbonyl (C=O) groups excluding carboxylic acids is 1. The maximum Gasteiger partial charge on any atom is 0.248 e. The highest BCUT2D eigenvalue weighted by atomic mass is 127. The molecule has 0 aromatic heterocycles. The van der Waals surface area contributed by atoms with E-state index in [0.29, 0.717) is 18.7 Å². The largest absolute Gasteiger partial charge is 0.366 e. The van der Waals surface area contributed by atoms with E-state index in [0.717, 1.165) is 22.1 Å². The Morgan fingerprint density at radius 3 is 2.60 bits per heavy atom. The molecule has 0 aliphatic rings. The number of rotatable bonds is 5. The monoisotopic (exact) mass is 472 g/mol. The first-order valence-corrected chi connectivity index (χ1v) is 7.93. The third-order valence-electron chi connectivity index (χ3n) is 3.60. The molecule has 1 amide bonds. The number of nitrogens with one attached hydrogen (secondary N) is 1. The molecule has 134 valence electrons. The van der Waals surface area contributed by atoms with Crippen molar-refractivity contribution in [1.82, 2.24) is 10.2 Å². The van der Waals surface area contributed by atoms with Crippen LogP contribution in [0.2, 0.25) is 5.02 Å².